The molecule has 0 radical (unpaired) electrons. The molecule has 0 aliphatic rings. The van der Waals surface area contributed by atoms with Gasteiger partial charge in [0.2, 0.25) is 0 Å². The van der Waals surface area contributed by atoms with E-state index in [0.717, 1.165) is 17.2 Å². The van der Waals surface area contributed by atoms with E-state index in [0.29, 0.717) is 24.2 Å². The second kappa shape index (κ2) is 9.23. The molecular weight excluding hydrogens is 316 g/mol. The number of aliphatic carboxylic acids is 1. The van der Waals surface area contributed by atoms with Gasteiger partial charge in [0.1, 0.15) is 5.75 Å². The van der Waals surface area contributed by atoms with Crippen LogP contribution in [0, 0.1) is 0 Å². The maximum Gasteiger partial charge on any atom is 0.328 e. The van der Waals surface area contributed by atoms with E-state index in [-0.39, 0.29) is 12.4 Å². The molecule has 0 spiro atoms. The van der Waals surface area contributed by atoms with Crippen molar-refractivity contribution in [1.82, 2.24) is 0 Å². The molecule has 25 heavy (non-hydrogen) atoms. The molecule has 2 aromatic carbocycles. The van der Waals surface area contributed by atoms with E-state index < -0.39 is 5.97 Å². The number of esters is 1. The van der Waals surface area contributed by atoms with Crippen molar-refractivity contribution in [3.05, 3.63) is 84.0 Å². The third-order valence-electron chi connectivity index (χ3n) is 3.56. The Bertz CT molecular complexity index is 776. The van der Waals surface area contributed by atoms with Gasteiger partial charge in [-0.1, -0.05) is 48.5 Å². The number of allylic oxidation sites excluding steroid dienone is 1. The average molecular weight is 336 g/mol. The van der Waals surface area contributed by atoms with Gasteiger partial charge in [-0.2, -0.15) is 0 Å². The summed E-state index contributed by atoms with van der Waals surface area (Å²) in [5.74, 6) is -0.921. The van der Waals surface area contributed by atoms with Crippen molar-refractivity contribution in [2.75, 3.05) is 0 Å². The monoisotopic (exact) mass is 336 g/mol. The van der Waals surface area contributed by atoms with E-state index in [9.17, 15) is 9.59 Å². The lowest BCUT2D eigenvalue weighted by Crippen LogP contribution is -2.10. The average Bonchev–Trinajstić information content (AvgIpc) is 2.61. The molecule has 0 aliphatic carbocycles. The van der Waals surface area contributed by atoms with Gasteiger partial charge in [0.15, 0.2) is 0 Å². The van der Waals surface area contributed by atoms with Crippen LogP contribution < -0.4 is 4.74 Å². The van der Waals surface area contributed by atoms with Crippen LogP contribution in [-0.2, 0) is 22.4 Å². The molecule has 2 rings (SSSR count). The summed E-state index contributed by atoms with van der Waals surface area (Å²) in [4.78, 5) is 22.8. The number of carbonyl (C=O) groups is 2. The molecular formula is C21H20O4. The molecule has 0 saturated heterocycles. The second-order valence-corrected chi connectivity index (χ2v) is 5.49. The largest absolute Gasteiger partial charge is 0.478 e. The summed E-state index contributed by atoms with van der Waals surface area (Å²) in [6, 6.07) is 15.0. The highest BCUT2D eigenvalue weighted by Crippen LogP contribution is 2.23. The van der Waals surface area contributed by atoms with E-state index in [2.05, 4.69) is 6.58 Å². The van der Waals surface area contributed by atoms with Gasteiger partial charge < -0.3 is 9.84 Å². The van der Waals surface area contributed by atoms with Gasteiger partial charge >= 0.3 is 11.9 Å². The minimum atomic E-state index is -1.03. The Morgan fingerprint density at radius 1 is 1.12 bits per heavy atom. The lowest BCUT2D eigenvalue weighted by atomic mass is 10.1. The predicted octanol–water partition coefficient (Wildman–Crippen LogP) is 4.05. The highest BCUT2D eigenvalue weighted by Gasteiger charge is 2.10. The molecule has 0 fully saturated rings. The van der Waals surface area contributed by atoms with Crippen molar-refractivity contribution in [2.24, 2.45) is 0 Å². The molecule has 2 aromatic rings. The van der Waals surface area contributed by atoms with Crippen LogP contribution in [0.4, 0.5) is 0 Å². The summed E-state index contributed by atoms with van der Waals surface area (Å²) >= 11 is 0. The number of benzene rings is 2. The van der Waals surface area contributed by atoms with Crippen LogP contribution in [0.5, 0.6) is 5.75 Å². The van der Waals surface area contributed by atoms with Crippen molar-refractivity contribution < 1.29 is 19.4 Å². The zero-order valence-corrected chi connectivity index (χ0v) is 13.9. The van der Waals surface area contributed by atoms with Gasteiger partial charge in [0.05, 0.1) is 0 Å². The molecule has 128 valence electrons. The molecule has 0 saturated carbocycles. The lowest BCUT2D eigenvalue weighted by Gasteiger charge is -2.10. The van der Waals surface area contributed by atoms with E-state index in [1.165, 1.54) is 6.08 Å². The number of ether oxygens (including phenoxy) is 1. The van der Waals surface area contributed by atoms with Crippen molar-refractivity contribution in [1.29, 1.82) is 0 Å². The van der Waals surface area contributed by atoms with Gasteiger partial charge in [0.25, 0.3) is 0 Å². The fourth-order valence-electron chi connectivity index (χ4n) is 2.33. The maximum atomic E-state index is 12.2. The van der Waals surface area contributed by atoms with Gasteiger partial charge in [0, 0.05) is 12.5 Å². The van der Waals surface area contributed by atoms with E-state index in [4.69, 9.17) is 9.84 Å². The SMILES string of the molecule is C=CCc1ccc(/C=C/C(=O)O)cc1OC(=O)CCc1ccccc1. The molecule has 1 N–H and O–H groups in total. The quantitative estimate of drug-likeness (QED) is 0.342. The van der Waals surface area contributed by atoms with Crippen LogP contribution in [0.25, 0.3) is 6.08 Å². The highest BCUT2D eigenvalue weighted by atomic mass is 16.5. The number of carbonyl (C=O) groups excluding carboxylic acids is 1. The Balaban J connectivity index is 2.09. The van der Waals surface area contributed by atoms with E-state index in [1.807, 2.05) is 36.4 Å². The van der Waals surface area contributed by atoms with Crippen molar-refractivity contribution >= 4 is 18.0 Å². The fraction of sp³-hybridized carbons (Fsp3) is 0.143. The number of hydrogen-bond acceptors (Lipinski definition) is 3. The lowest BCUT2D eigenvalue weighted by molar-refractivity contribution is -0.134. The third kappa shape index (κ3) is 6.11. The van der Waals surface area contributed by atoms with Crippen molar-refractivity contribution in [3.63, 3.8) is 0 Å². The first-order valence-corrected chi connectivity index (χ1v) is 7.98. The van der Waals surface area contributed by atoms with E-state index in [1.54, 1.807) is 18.2 Å². The summed E-state index contributed by atoms with van der Waals surface area (Å²) < 4.78 is 5.50. The summed E-state index contributed by atoms with van der Waals surface area (Å²) in [6.45, 7) is 3.70. The molecule has 0 aliphatic heterocycles. The highest BCUT2D eigenvalue weighted by molar-refractivity contribution is 5.85. The zero-order valence-electron chi connectivity index (χ0n) is 13.9. The Hall–Kier alpha value is -3.14. The molecule has 0 atom stereocenters. The van der Waals surface area contributed by atoms with Crippen LogP contribution in [0.3, 0.4) is 0 Å². The molecule has 4 heteroatoms. The second-order valence-electron chi connectivity index (χ2n) is 5.49. The Morgan fingerprint density at radius 3 is 2.56 bits per heavy atom. The predicted molar refractivity (Wildman–Crippen MR) is 97.4 cm³/mol. The third-order valence-corrected chi connectivity index (χ3v) is 3.56. The number of hydrogen-bond donors (Lipinski definition) is 1. The molecule has 0 unspecified atom stereocenters. The summed E-state index contributed by atoms with van der Waals surface area (Å²) in [6.07, 6.45) is 5.67. The van der Waals surface area contributed by atoms with Gasteiger partial charge in [-0.25, -0.2) is 4.79 Å². The van der Waals surface area contributed by atoms with Crippen molar-refractivity contribution in [3.8, 4) is 5.75 Å². The number of rotatable bonds is 8. The smallest absolute Gasteiger partial charge is 0.328 e. The molecule has 0 amide bonds. The summed E-state index contributed by atoms with van der Waals surface area (Å²) in [5.41, 5.74) is 2.56. The van der Waals surface area contributed by atoms with Crippen LogP contribution in [0.1, 0.15) is 23.1 Å². The standard InChI is InChI=1S/C21H20O4/c1-2-6-18-12-9-17(10-13-20(22)23)15-19(18)25-21(24)14-11-16-7-4-3-5-8-16/h2-5,7-10,12-13,15H,1,6,11,14H2,(H,22,23)/b13-10+. The number of carboxylic acids is 1. The molecule has 0 heterocycles. The molecule has 0 aromatic heterocycles. The molecule has 4 nitrogen and oxygen atoms in total. The number of carboxylic acid groups (broad SMARTS) is 1. The first kappa shape index (κ1) is 18.2. The molecule has 0 bridgehead atoms. The topological polar surface area (TPSA) is 63.6 Å². The van der Waals surface area contributed by atoms with Crippen molar-refractivity contribution in [2.45, 2.75) is 19.3 Å². The van der Waals surface area contributed by atoms with Crippen LogP contribution in [-0.4, -0.2) is 17.0 Å². The Kier molecular flexibility index (Phi) is 6.72. The van der Waals surface area contributed by atoms with Crippen LogP contribution >= 0.6 is 0 Å². The van der Waals surface area contributed by atoms with Crippen LogP contribution in [0.15, 0.2) is 67.3 Å². The maximum absolute atomic E-state index is 12.2. The fourth-order valence-corrected chi connectivity index (χ4v) is 2.33. The normalized spacial score (nSPS) is 10.6. The van der Waals surface area contributed by atoms with Crippen LogP contribution in [0.2, 0.25) is 0 Å². The minimum Gasteiger partial charge on any atom is -0.478 e. The first-order chi connectivity index (χ1) is 12.1. The zero-order chi connectivity index (χ0) is 18.1. The number of aryl methyl sites for hydroxylation is 1. The summed E-state index contributed by atoms with van der Waals surface area (Å²) in [7, 11) is 0. The first-order valence-electron chi connectivity index (χ1n) is 7.98. The van der Waals surface area contributed by atoms with Gasteiger partial charge in [-0.3, -0.25) is 4.79 Å². The Morgan fingerprint density at radius 2 is 1.88 bits per heavy atom. The van der Waals surface area contributed by atoms with E-state index >= 15 is 0 Å². The Labute approximate surface area is 147 Å². The van der Waals surface area contributed by atoms with Gasteiger partial charge in [-0.15, -0.1) is 6.58 Å². The summed E-state index contributed by atoms with van der Waals surface area (Å²) in [5, 5.41) is 8.72. The minimum absolute atomic E-state index is 0.271. The van der Waals surface area contributed by atoms with Gasteiger partial charge in [-0.05, 0) is 41.7 Å².